The van der Waals surface area contributed by atoms with Gasteiger partial charge in [-0.25, -0.2) is 4.98 Å². The lowest BCUT2D eigenvalue weighted by molar-refractivity contribution is 0.322. The first-order valence-electron chi connectivity index (χ1n) is 6.39. The van der Waals surface area contributed by atoms with Crippen molar-refractivity contribution in [2.45, 2.75) is 19.0 Å². The molecule has 0 saturated carbocycles. The van der Waals surface area contributed by atoms with Crippen molar-refractivity contribution in [3.8, 4) is 11.5 Å². The van der Waals surface area contributed by atoms with Gasteiger partial charge in [0, 0.05) is 36.3 Å². The SMILES string of the molecule is NC1CCN(Cc2coc(-c3ccc(Cl)cc3)n2)C1. The van der Waals surface area contributed by atoms with Crippen LogP contribution in [-0.4, -0.2) is 29.0 Å². The highest BCUT2D eigenvalue weighted by Crippen LogP contribution is 2.21. The first kappa shape index (κ1) is 12.7. The third kappa shape index (κ3) is 2.97. The van der Waals surface area contributed by atoms with E-state index in [4.69, 9.17) is 21.8 Å². The van der Waals surface area contributed by atoms with E-state index >= 15 is 0 Å². The smallest absolute Gasteiger partial charge is 0.226 e. The van der Waals surface area contributed by atoms with Gasteiger partial charge in [0.25, 0.3) is 0 Å². The summed E-state index contributed by atoms with van der Waals surface area (Å²) >= 11 is 5.86. The number of hydrogen-bond acceptors (Lipinski definition) is 4. The lowest BCUT2D eigenvalue weighted by Gasteiger charge is -2.12. The van der Waals surface area contributed by atoms with Crippen LogP contribution in [0.3, 0.4) is 0 Å². The van der Waals surface area contributed by atoms with Crippen molar-refractivity contribution in [1.82, 2.24) is 9.88 Å². The lowest BCUT2D eigenvalue weighted by Crippen LogP contribution is -2.26. The molecule has 1 atom stereocenters. The van der Waals surface area contributed by atoms with E-state index in [1.807, 2.05) is 24.3 Å². The number of nitrogens with two attached hydrogens (primary N) is 1. The van der Waals surface area contributed by atoms with E-state index in [-0.39, 0.29) is 0 Å². The summed E-state index contributed by atoms with van der Waals surface area (Å²) in [4.78, 5) is 6.81. The summed E-state index contributed by atoms with van der Waals surface area (Å²) in [5.41, 5.74) is 7.77. The molecule has 2 heterocycles. The Kier molecular flexibility index (Phi) is 3.55. The lowest BCUT2D eigenvalue weighted by atomic mass is 10.2. The summed E-state index contributed by atoms with van der Waals surface area (Å²) in [5.74, 6) is 0.634. The van der Waals surface area contributed by atoms with E-state index in [0.717, 1.165) is 37.3 Å². The molecule has 0 amide bonds. The zero-order valence-corrected chi connectivity index (χ0v) is 11.3. The van der Waals surface area contributed by atoms with Gasteiger partial charge in [0.2, 0.25) is 5.89 Å². The van der Waals surface area contributed by atoms with E-state index in [2.05, 4.69) is 9.88 Å². The molecule has 1 aliphatic rings. The van der Waals surface area contributed by atoms with Crippen LogP contribution in [0.1, 0.15) is 12.1 Å². The number of halogens is 1. The summed E-state index contributed by atoms with van der Waals surface area (Å²) in [5, 5.41) is 0.710. The van der Waals surface area contributed by atoms with Crippen LogP contribution >= 0.6 is 11.6 Å². The normalized spacial score (nSPS) is 20.0. The standard InChI is InChI=1S/C14H16ClN3O/c15-11-3-1-10(2-4-11)14-17-13(9-19-14)8-18-6-5-12(16)7-18/h1-4,9,12H,5-8,16H2. The van der Waals surface area contributed by atoms with Crippen molar-refractivity contribution in [1.29, 1.82) is 0 Å². The molecule has 5 heteroatoms. The van der Waals surface area contributed by atoms with Crippen LogP contribution in [0.5, 0.6) is 0 Å². The Labute approximate surface area is 117 Å². The number of benzene rings is 1. The second-order valence-corrected chi connectivity index (χ2v) is 5.37. The molecule has 2 N–H and O–H groups in total. The summed E-state index contributed by atoms with van der Waals surface area (Å²) in [6.07, 6.45) is 2.77. The van der Waals surface area contributed by atoms with Crippen molar-refractivity contribution in [2.75, 3.05) is 13.1 Å². The van der Waals surface area contributed by atoms with Crippen molar-refractivity contribution >= 4 is 11.6 Å². The molecule has 100 valence electrons. The predicted molar refractivity (Wildman–Crippen MR) is 74.8 cm³/mol. The second-order valence-electron chi connectivity index (χ2n) is 4.93. The Morgan fingerprint density at radius 1 is 1.37 bits per heavy atom. The van der Waals surface area contributed by atoms with Gasteiger partial charge in [-0.05, 0) is 30.7 Å². The first-order chi connectivity index (χ1) is 9.20. The average Bonchev–Trinajstić information content (AvgIpc) is 3.00. The van der Waals surface area contributed by atoms with Crippen molar-refractivity contribution < 1.29 is 4.42 Å². The third-order valence-electron chi connectivity index (χ3n) is 3.34. The first-order valence-corrected chi connectivity index (χ1v) is 6.77. The van der Waals surface area contributed by atoms with Gasteiger partial charge in [0.05, 0.1) is 5.69 Å². The highest BCUT2D eigenvalue weighted by molar-refractivity contribution is 6.30. The van der Waals surface area contributed by atoms with Gasteiger partial charge >= 0.3 is 0 Å². The molecular formula is C14H16ClN3O. The van der Waals surface area contributed by atoms with Crippen LogP contribution in [0, 0.1) is 0 Å². The van der Waals surface area contributed by atoms with Gasteiger partial charge in [-0.2, -0.15) is 0 Å². The molecule has 1 saturated heterocycles. The number of aromatic nitrogens is 1. The molecule has 2 aromatic rings. The number of likely N-dealkylation sites (tertiary alicyclic amines) is 1. The largest absolute Gasteiger partial charge is 0.444 e. The summed E-state index contributed by atoms with van der Waals surface area (Å²) in [6.45, 7) is 2.76. The van der Waals surface area contributed by atoms with Crippen molar-refractivity contribution in [3.05, 3.63) is 41.2 Å². The summed E-state index contributed by atoms with van der Waals surface area (Å²) < 4.78 is 5.52. The van der Waals surface area contributed by atoms with Crippen molar-refractivity contribution in [2.24, 2.45) is 5.73 Å². The maximum absolute atomic E-state index is 5.89. The number of oxazole rings is 1. The molecule has 0 spiro atoms. The Balaban J connectivity index is 1.71. The monoisotopic (exact) mass is 277 g/mol. The van der Waals surface area contributed by atoms with Gasteiger partial charge in [0.1, 0.15) is 6.26 Å². The fraction of sp³-hybridized carbons (Fsp3) is 0.357. The Morgan fingerprint density at radius 2 is 2.16 bits per heavy atom. The Bertz CT molecular complexity index is 552. The molecule has 3 rings (SSSR count). The maximum atomic E-state index is 5.89. The minimum Gasteiger partial charge on any atom is -0.444 e. The van der Waals surface area contributed by atoms with E-state index in [1.165, 1.54) is 0 Å². The van der Waals surface area contributed by atoms with Gasteiger partial charge in [-0.3, -0.25) is 4.90 Å². The number of hydrogen-bond donors (Lipinski definition) is 1. The minimum absolute atomic E-state index is 0.294. The van der Waals surface area contributed by atoms with E-state index in [9.17, 15) is 0 Å². The zero-order valence-electron chi connectivity index (χ0n) is 10.6. The molecular weight excluding hydrogens is 262 g/mol. The quantitative estimate of drug-likeness (QED) is 0.937. The summed E-state index contributed by atoms with van der Waals surface area (Å²) in [7, 11) is 0. The number of rotatable bonds is 3. The van der Waals surface area contributed by atoms with Crippen LogP contribution in [0.2, 0.25) is 5.02 Å². The molecule has 0 aliphatic carbocycles. The van der Waals surface area contributed by atoms with Gasteiger partial charge in [-0.15, -0.1) is 0 Å². The molecule has 4 nitrogen and oxygen atoms in total. The molecule has 0 bridgehead atoms. The van der Waals surface area contributed by atoms with Crippen LogP contribution in [0.25, 0.3) is 11.5 Å². The Morgan fingerprint density at radius 3 is 2.84 bits per heavy atom. The van der Waals surface area contributed by atoms with Gasteiger partial charge in [-0.1, -0.05) is 11.6 Å². The summed E-state index contributed by atoms with van der Waals surface area (Å²) in [6, 6.07) is 7.77. The highest BCUT2D eigenvalue weighted by Gasteiger charge is 2.20. The van der Waals surface area contributed by atoms with Crippen LogP contribution in [0.4, 0.5) is 0 Å². The highest BCUT2D eigenvalue weighted by atomic mass is 35.5. The molecule has 19 heavy (non-hydrogen) atoms. The average molecular weight is 278 g/mol. The predicted octanol–water partition coefficient (Wildman–Crippen LogP) is 2.53. The molecule has 1 unspecified atom stereocenters. The van der Waals surface area contributed by atoms with Crippen LogP contribution < -0.4 is 5.73 Å². The molecule has 0 radical (unpaired) electrons. The second kappa shape index (κ2) is 5.33. The van der Waals surface area contributed by atoms with Crippen LogP contribution in [0.15, 0.2) is 34.9 Å². The third-order valence-corrected chi connectivity index (χ3v) is 3.59. The van der Waals surface area contributed by atoms with E-state index in [0.29, 0.717) is 17.0 Å². The molecule has 1 aromatic heterocycles. The van der Waals surface area contributed by atoms with Crippen LogP contribution in [-0.2, 0) is 6.54 Å². The van der Waals surface area contributed by atoms with Gasteiger partial charge in [0.15, 0.2) is 0 Å². The van der Waals surface area contributed by atoms with E-state index in [1.54, 1.807) is 6.26 Å². The maximum Gasteiger partial charge on any atom is 0.226 e. The topological polar surface area (TPSA) is 55.3 Å². The number of nitrogens with zero attached hydrogens (tertiary/aromatic N) is 2. The molecule has 1 aliphatic heterocycles. The molecule has 1 fully saturated rings. The van der Waals surface area contributed by atoms with Gasteiger partial charge < -0.3 is 10.2 Å². The van der Waals surface area contributed by atoms with E-state index < -0.39 is 0 Å². The zero-order chi connectivity index (χ0) is 13.2. The van der Waals surface area contributed by atoms with Crippen molar-refractivity contribution in [3.63, 3.8) is 0 Å². The fourth-order valence-electron chi connectivity index (χ4n) is 2.34. The Hall–Kier alpha value is -1.36. The molecule has 1 aromatic carbocycles. The minimum atomic E-state index is 0.294. The fourth-order valence-corrected chi connectivity index (χ4v) is 2.47.